The fraction of sp³-hybridized carbons (Fsp3) is 0.316. The molecule has 2 aromatic rings. The highest BCUT2D eigenvalue weighted by atomic mass is 16.8. The molecule has 2 aliphatic heterocycles. The molecule has 0 saturated carbocycles. The van der Waals surface area contributed by atoms with Gasteiger partial charge in [-0.2, -0.15) is 0 Å². The van der Waals surface area contributed by atoms with Crippen molar-refractivity contribution in [2.75, 3.05) is 7.11 Å². The van der Waals surface area contributed by atoms with Crippen molar-refractivity contribution in [1.29, 1.82) is 0 Å². The quantitative estimate of drug-likeness (QED) is 0.800. The van der Waals surface area contributed by atoms with E-state index in [0.717, 1.165) is 22.4 Å². The van der Waals surface area contributed by atoms with Gasteiger partial charge in [0.25, 0.3) is 0 Å². The minimum Gasteiger partial charge on any atom is -0.497 e. The van der Waals surface area contributed by atoms with Crippen LogP contribution in [0.5, 0.6) is 5.75 Å². The number of benzene rings is 2. The van der Waals surface area contributed by atoms with E-state index >= 15 is 0 Å². The Labute approximate surface area is 135 Å². The average Bonchev–Trinajstić information content (AvgIpc) is 2.91. The van der Waals surface area contributed by atoms with Crippen LogP contribution < -0.4 is 4.74 Å². The molecule has 4 heteroatoms. The monoisotopic (exact) mass is 310 g/mol. The molecule has 1 saturated heterocycles. The van der Waals surface area contributed by atoms with Crippen LogP contribution in [0.2, 0.25) is 0 Å². The second-order valence-electron chi connectivity index (χ2n) is 6.54. The summed E-state index contributed by atoms with van der Waals surface area (Å²) in [5, 5.41) is 0. The highest BCUT2D eigenvalue weighted by molar-refractivity contribution is 5.89. The molecular formula is C19H18O4. The van der Waals surface area contributed by atoms with E-state index in [1.54, 1.807) is 7.11 Å². The van der Waals surface area contributed by atoms with Crippen LogP contribution in [0.4, 0.5) is 0 Å². The first kappa shape index (κ1) is 14.3. The smallest absolute Gasteiger partial charge is 0.350 e. The molecule has 0 aliphatic carbocycles. The summed E-state index contributed by atoms with van der Waals surface area (Å²) in [4.78, 5) is 12.8. The van der Waals surface area contributed by atoms with Crippen molar-refractivity contribution in [3.8, 4) is 5.75 Å². The normalized spacial score (nSPS) is 27.3. The first-order valence-corrected chi connectivity index (χ1v) is 7.63. The van der Waals surface area contributed by atoms with E-state index in [1.165, 1.54) is 0 Å². The Morgan fingerprint density at radius 1 is 1.04 bits per heavy atom. The lowest BCUT2D eigenvalue weighted by atomic mass is 9.73. The Bertz CT molecular complexity index is 781. The molecule has 23 heavy (non-hydrogen) atoms. The van der Waals surface area contributed by atoms with Crippen LogP contribution in [-0.4, -0.2) is 19.4 Å². The lowest BCUT2D eigenvalue weighted by Gasteiger charge is -2.40. The van der Waals surface area contributed by atoms with E-state index in [9.17, 15) is 4.79 Å². The van der Waals surface area contributed by atoms with Crippen LogP contribution in [-0.2, 0) is 25.3 Å². The SMILES string of the molecule is COc1ccc2c(c1)C(C)(C)C1OC(=O)C2(c2ccccc2)O1. The molecule has 118 valence electrons. The molecule has 1 fully saturated rings. The lowest BCUT2D eigenvalue weighted by molar-refractivity contribution is -0.149. The van der Waals surface area contributed by atoms with Gasteiger partial charge < -0.3 is 14.2 Å². The third-order valence-corrected chi connectivity index (χ3v) is 4.86. The van der Waals surface area contributed by atoms with Gasteiger partial charge in [0.2, 0.25) is 11.9 Å². The maximum atomic E-state index is 12.8. The maximum absolute atomic E-state index is 12.8. The fourth-order valence-corrected chi connectivity index (χ4v) is 3.51. The Balaban J connectivity index is 2.03. The standard InChI is InChI=1S/C19H18O4/c1-18(2)15-11-13(21-3)9-10-14(15)19(12-7-5-4-6-8-12)16(20)22-17(18)23-19/h4-11,17H,1-3H3. The first-order valence-electron chi connectivity index (χ1n) is 7.63. The van der Waals surface area contributed by atoms with Crippen molar-refractivity contribution in [2.45, 2.75) is 31.2 Å². The van der Waals surface area contributed by atoms with Crippen molar-refractivity contribution in [2.24, 2.45) is 0 Å². The van der Waals surface area contributed by atoms with Crippen LogP contribution in [0.25, 0.3) is 0 Å². The zero-order chi connectivity index (χ0) is 16.2. The largest absolute Gasteiger partial charge is 0.497 e. The van der Waals surface area contributed by atoms with Gasteiger partial charge in [-0.3, -0.25) is 0 Å². The minimum atomic E-state index is -1.19. The maximum Gasteiger partial charge on any atom is 0.350 e. The van der Waals surface area contributed by atoms with Crippen LogP contribution in [0.1, 0.15) is 30.5 Å². The van der Waals surface area contributed by atoms with E-state index in [0.29, 0.717) is 0 Å². The Morgan fingerprint density at radius 2 is 1.78 bits per heavy atom. The molecule has 4 rings (SSSR count). The van der Waals surface area contributed by atoms with E-state index in [-0.39, 0.29) is 5.97 Å². The van der Waals surface area contributed by atoms with Crippen LogP contribution in [0, 0.1) is 0 Å². The third-order valence-electron chi connectivity index (χ3n) is 4.86. The van der Waals surface area contributed by atoms with Crippen molar-refractivity contribution in [3.05, 3.63) is 65.2 Å². The molecule has 2 aliphatic rings. The molecular weight excluding hydrogens is 292 g/mol. The van der Waals surface area contributed by atoms with Gasteiger partial charge >= 0.3 is 5.97 Å². The van der Waals surface area contributed by atoms with Crippen LogP contribution >= 0.6 is 0 Å². The molecule has 0 amide bonds. The van der Waals surface area contributed by atoms with Crippen molar-refractivity contribution >= 4 is 5.97 Å². The number of methoxy groups -OCH3 is 1. The van der Waals surface area contributed by atoms with Gasteiger partial charge in [-0.15, -0.1) is 0 Å². The summed E-state index contributed by atoms with van der Waals surface area (Å²) in [7, 11) is 1.64. The summed E-state index contributed by atoms with van der Waals surface area (Å²) in [5.74, 6) is 0.402. The number of fused-ring (bicyclic) bond motifs is 4. The molecule has 4 nitrogen and oxygen atoms in total. The fourth-order valence-electron chi connectivity index (χ4n) is 3.51. The summed E-state index contributed by atoms with van der Waals surface area (Å²) in [6, 6.07) is 15.3. The summed E-state index contributed by atoms with van der Waals surface area (Å²) < 4.78 is 17.2. The Kier molecular flexibility index (Phi) is 2.85. The Hall–Kier alpha value is -2.33. The van der Waals surface area contributed by atoms with Crippen LogP contribution in [0.3, 0.4) is 0 Å². The number of carbonyl (C=O) groups excluding carboxylic acids is 1. The summed E-state index contributed by atoms with van der Waals surface area (Å²) >= 11 is 0. The zero-order valence-electron chi connectivity index (χ0n) is 13.3. The van der Waals surface area contributed by atoms with Crippen molar-refractivity contribution < 1.29 is 19.0 Å². The number of esters is 1. The van der Waals surface area contributed by atoms with E-state index in [4.69, 9.17) is 14.2 Å². The van der Waals surface area contributed by atoms with Gasteiger partial charge in [0, 0.05) is 5.56 Å². The molecule has 2 atom stereocenters. The first-order chi connectivity index (χ1) is 11.0. The van der Waals surface area contributed by atoms with Gasteiger partial charge in [0.15, 0.2) is 0 Å². The number of hydrogen-bond donors (Lipinski definition) is 0. The Morgan fingerprint density at radius 3 is 2.48 bits per heavy atom. The number of ether oxygens (including phenoxy) is 3. The van der Waals surface area contributed by atoms with Gasteiger partial charge in [-0.05, 0) is 37.1 Å². The summed E-state index contributed by atoms with van der Waals surface area (Å²) in [5.41, 5.74) is 0.989. The molecule has 0 N–H and O–H groups in total. The second kappa shape index (κ2) is 4.59. The molecule has 2 heterocycles. The van der Waals surface area contributed by atoms with Crippen LogP contribution in [0.15, 0.2) is 48.5 Å². The third kappa shape index (κ3) is 1.72. The minimum absolute atomic E-state index is 0.356. The van der Waals surface area contributed by atoms with E-state index in [2.05, 4.69) is 0 Å². The van der Waals surface area contributed by atoms with Crippen molar-refractivity contribution in [1.82, 2.24) is 0 Å². The average molecular weight is 310 g/mol. The second-order valence-corrected chi connectivity index (χ2v) is 6.54. The number of hydrogen-bond acceptors (Lipinski definition) is 4. The van der Waals surface area contributed by atoms with Crippen molar-refractivity contribution in [3.63, 3.8) is 0 Å². The zero-order valence-corrected chi connectivity index (χ0v) is 13.3. The molecule has 2 aromatic carbocycles. The van der Waals surface area contributed by atoms with E-state index in [1.807, 2.05) is 62.4 Å². The molecule has 0 spiro atoms. The topological polar surface area (TPSA) is 44.8 Å². The summed E-state index contributed by atoms with van der Waals surface area (Å²) in [6.07, 6.45) is -0.616. The number of carbonyl (C=O) groups is 1. The number of rotatable bonds is 2. The predicted molar refractivity (Wildman–Crippen MR) is 84.2 cm³/mol. The van der Waals surface area contributed by atoms with Gasteiger partial charge in [0.05, 0.1) is 12.5 Å². The predicted octanol–water partition coefficient (Wildman–Crippen LogP) is 3.13. The van der Waals surface area contributed by atoms with Gasteiger partial charge in [-0.25, -0.2) is 4.79 Å². The van der Waals surface area contributed by atoms with Gasteiger partial charge in [0.1, 0.15) is 5.75 Å². The highest BCUT2D eigenvalue weighted by Crippen LogP contribution is 2.54. The highest BCUT2D eigenvalue weighted by Gasteiger charge is 2.62. The lowest BCUT2D eigenvalue weighted by Crippen LogP contribution is -2.45. The molecule has 2 unspecified atom stereocenters. The van der Waals surface area contributed by atoms with Gasteiger partial charge in [-0.1, -0.05) is 36.4 Å². The molecule has 0 radical (unpaired) electrons. The molecule has 0 aromatic heterocycles. The van der Waals surface area contributed by atoms with E-state index < -0.39 is 17.3 Å². The summed E-state index contributed by atoms with van der Waals surface area (Å²) in [6.45, 7) is 4.03. The molecule has 2 bridgehead atoms.